The Kier molecular flexibility index (Phi) is 4.60. The van der Waals surface area contributed by atoms with Crippen LogP contribution in [-0.2, 0) is 0 Å². The molecule has 0 amide bonds. The van der Waals surface area contributed by atoms with Crippen molar-refractivity contribution in [1.82, 2.24) is 9.55 Å². The number of aromatic amines is 1. The monoisotopic (exact) mass is 301 g/mol. The average Bonchev–Trinajstić information content (AvgIpc) is 2.48. The molecule has 1 aromatic carbocycles. The van der Waals surface area contributed by atoms with Crippen LogP contribution in [-0.4, -0.2) is 26.9 Å². The second-order valence-electron chi connectivity index (χ2n) is 5.15. The van der Waals surface area contributed by atoms with Gasteiger partial charge in [-0.05, 0) is 31.9 Å². The first-order valence-corrected chi connectivity index (χ1v) is 7.13. The first-order chi connectivity index (χ1) is 10.5. The van der Waals surface area contributed by atoms with Crippen LogP contribution in [0.25, 0.3) is 5.69 Å². The maximum absolute atomic E-state index is 12.1. The number of para-hydroxylation sites is 1. The summed E-state index contributed by atoms with van der Waals surface area (Å²) in [7, 11) is 0. The first-order valence-electron chi connectivity index (χ1n) is 7.13. The Morgan fingerprint density at radius 1 is 1.36 bits per heavy atom. The molecular formula is C16H19N3O3. The van der Waals surface area contributed by atoms with Crippen LogP contribution >= 0.6 is 0 Å². The van der Waals surface area contributed by atoms with Crippen molar-refractivity contribution >= 4 is 6.21 Å². The fraction of sp³-hybridized carbons (Fsp3) is 0.312. The minimum absolute atomic E-state index is 0.0249. The summed E-state index contributed by atoms with van der Waals surface area (Å²) in [4.78, 5) is 30.4. The molecule has 0 aliphatic heterocycles. The molecule has 2 rings (SSSR count). The summed E-state index contributed by atoms with van der Waals surface area (Å²) in [5.41, 5.74) is -0.0452. The Labute approximate surface area is 127 Å². The van der Waals surface area contributed by atoms with Crippen molar-refractivity contribution in [2.75, 3.05) is 0 Å². The number of aromatic hydroxyl groups is 1. The average molecular weight is 301 g/mol. The van der Waals surface area contributed by atoms with Gasteiger partial charge in [0, 0.05) is 12.3 Å². The summed E-state index contributed by atoms with van der Waals surface area (Å²) in [6, 6.07) is 7.13. The van der Waals surface area contributed by atoms with Crippen LogP contribution in [0.15, 0.2) is 38.8 Å². The molecule has 0 saturated heterocycles. The lowest BCUT2D eigenvalue weighted by Crippen LogP contribution is -2.31. The van der Waals surface area contributed by atoms with Crippen molar-refractivity contribution in [3.63, 3.8) is 0 Å². The molecule has 6 heteroatoms. The molecule has 1 atom stereocenters. The Morgan fingerprint density at radius 2 is 2.05 bits per heavy atom. The highest BCUT2D eigenvalue weighted by Crippen LogP contribution is 2.18. The van der Waals surface area contributed by atoms with E-state index in [4.69, 9.17) is 0 Å². The number of rotatable bonds is 4. The quantitative estimate of drug-likeness (QED) is 0.843. The van der Waals surface area contributed by atoms with Crippen molar-refractivity contribution in [2.24, 2.45) is 4.99 Å². The molecule has 1 unspecified atom stereocenters. The van der Waals surface area contributed by atoms with E-state index < -0.39 is 17.1 Å². The largest absolute Gasteiger partial charge is 0.493 e. The minimum Gasteiger partial charge on any atom is -0.493 e. The molecule has 0 saturated carbocycles. The van der Waals surface area contributed by atoms with E-state index in [2.05, 4.69) is 9.98 Å². The van der Waals surface area contributed by atoms with E-state index in [1.165, 1.54) is 6.21 Å². The van der Waals surface area contributed by atoms with Gasteiger partial charge in [0.05, 0.1) is 5.69 Å². The fourth-order valence-electron chi connectivity index (χ4n) is 2.00. The molecule has 0 aliphatic rings. The summed E-state index contributed by atoms with van der Waals surface area (Å²) < 4.78 is 1.08. The number of aliphatic imine (C=N–C) groups is 1. The lowest BCUT2D eigenvalue weighted by Gasteiger charge is -2.12. The van der Waals surface area contributed by atoms with Gasteiger partial charge in [-0.2, -0.15) is 0 Å². The maximum atomic E-state index is 12.1. The Hall–Kier alpha value is -2.63. The number of aryl methyl sites for hydroxylation is 1. The molecule has 1 heterocycles. The SMILES string of the molecule is CCC(C)N=Cc1c(O)n(-c2ccccc2C)c(=O)[nH]c1=O. The van der Waals surface area contributed by atoms with Gasteiger partial charge < -0.3 is 5.11 Å². The van der Waals surface area contributed by atoms with Crippen LogP contribution in [0.2, 0.25) is 0 Å². The standard InChI is InChI=1S/C16H19N3O3/c1-4-11(3)17-9-12-14(20)18-16(22)19(15(12)21)13-8-6-5-7-10(13)2/h5-9,11,21H,4H2,1-3H3,(H,18,20,22). The van der Waals surface area contributed by atoms with Gasteiger partial charge in [-0.3, -0.25) is 14.8 Å². The molecule has 2 aromatic rings. The van der Waals surface area contributed by atoms with Gasteiger partial charge in [0.1, 0.15) is 5.56 Å². The van der Waals surface area contributed by atoms with Gasteiger partial charge in [0.25, 0.3) is 5.56 Å². The zero-order valence-corrected chi connectivity index (χ0v) is 12.8. The van der Waals surface area contributed by atoms with Gasteiger partial charge in [0.15, 0.2) is 0 Å². The molecule has 0 bridgehead atoms. The van der Waals surface area contributed by atoms with Crippen molar-refractivity contribution in [3.05, 3.63) is 56.2 Å². The molecule has 0 spiro atoms. The highest BCUT2D eigenvalue weighted by Gasteiger charge is 2.15. The van der Waals surface area contributed by atoms with E-state index in [-0.39, 0.29) is 11.6 Å². The minimum atomic E-state index is -0.683. The van der Waals surface area contributed by atoms with Gasteiger partial charge in [-0.25, -0.2) is 9.36 Å². The van der Waals surface area contributed by atoms with E-state index in [9.17, 15) is 14.7 Å². The second kappa shape index (κ2) is 6.43. The van der Waals surface area contributed by atoms with Crippen molar-refractivity contribution in [3.8, 4) is 11.6 Å². The van der Waals surface area contributed by atoms with E-state index in [0.29, 0.717) is 5.69 Å². The highest BCUT2D eigenvalue weighted by molar-refractivity contribution is 5.82. The lowest BCUT2D eigenvalue weighted by atomic mass is 10.2. The van der Waals surface area contributed by atoms with Gasteiger partial charge in [0.2, 0.25) is 5.88 Å². The summed E-state index contributed by atoms with van der Waals surface area (Å²) in [6.07, 6.45) is 2.13. The van der Waals surface area contributed by atoms with Crippen LogP contribution < -0.4 is 11.2 Å². The smallest absolute Gasteiger partial charge is 0.335 e. The number of nitrogens with one attached hydrogen (secondary N) is 1. The number of aromatic nitrogens is 2. The molecule has 2 N–H and O–H groups in total. The highest BCUT2D eigenvalue weighted by atomic mass is 16.3. The number of hydrogen-bond acceptors (Lipinski definition) is 4. The van der Waals surface area contributed by atoms with E-state index in [0.717, 1.165) is 16.6 Å². The zero-order chi connectivity index (χ0) is 16.3. The third kappa shape index (κ3) is 3.00. The molecule has 22 heavy (non-hydrogen) atoms. The zero-order valence-electron chi connectivity index (χ0n) is 12.8. The van der Waals surface area contributed by atoms with Gasteiger partial charge in [-0.15, -0.1) is 0 Å². The van der Waals surface area contributed by atoms with E-state index >= 15 is 0 Å². The maximum Gasteiger partial charge on any atom is 0.335 e. The Morgan fingerprint density at radius 3 is 2.68 bits per heavy atom. The Balaban J connectivity index is 2.68. The molecule has 0 fully saturated rings. The third-order valence-corrected chi connectivity index (χ3v) is 3.53. The van der Waals surface area contributed by atoms with Crippen LogP contribution in [0.5, 0.6) is 5.88 Å². The molecule has 6 nitrogen and oxygen atoms in total. The summed E-state index contributed by atoms with van der Waals surface area (Å²) in [6.45, 7) is 5.69. The van der Waals surface area contributed by atoms with E-state index in [1.807, 2.05) is 32.9 Å². The number of nitrogens with zero attached hydrogens (tertiary/aromatic N) is 2. The first kappa shape index (κ1) is 15.8. The predicted octanol–water partition coefficient (Wildman–Crippen LogP) is 1.76. The predicted molar refractivity (Wildman–Crippen MR) is 86.4 cm³/mol. The van der Waals surface area contributed by atoms with Crippen molar-refractivity contribution in [2.45, 2.75) is 33.2 Å². The Bertz CT molecular complexity index is 818. The topological polar surface area (TPSA) is 87.4 Å². The van der Waals surface area contributed by atoms with Crippen LogP contribution in [0.3, 0.4) is 0 Å². The molecule has 1 aromatic heterocycles. The number of benzene rings is 1. The number of H-pyrrole nitrogens is 1. The molecule has 116 valence electrons. The normalized spacial score (nSPS) is 12.7. The van der Waals surface area contributed by atoms with E-state index in [1.54, 1.807) is 12.1 Å². The summed E-state index contributed by atoms with van der Waals surface area (Å²) >= 11 is 0. The van der Waals surface area contributed by atoms with Crippen LogP contribution in [0, 0.1) is 6.92 Å². The fourth-order valence-corrected chi connectivity index (χ4v) is 2.00. The van der Waals surface area contributed by atoms with Crippen molar-refractivity contribution < 1.29 is 5.11 Å². The summed E-state index contributed by atoms with van der Waals surface area (Å²) in [5, 5.41) is 10.4. The number of hydrogen-bond donors (Lipinski definition) is 2. The molecular weight excluding hydrogens is 282 g/mol. The van der Waals surface area contributed by atoms with Crippen LogP contribution in [0.1, 0.15) is 31.4 Å². The van der Waals surface area contributed by atoms with Gasteiger partial charge in [-0.1, -0.05) is 25.1 Å². The molecule has 0 radical (unpaired) electrons. The summed E-state index contributed by atoms with van der Waals surface area (Å²) in [5.74, 6) is -0.407. The van der Waals surface area contributed by atoms with Crippen LogP contribution in [0.4, 0.5) is 0 Å². The van der Waals surface area contributed by atoms with Gasteiger partial charge >= 0.3 is 5.69 Å². The third-order valence-electron chi connectivity index (χ3n) is 3.53. The lowest BCUT2D eigenvalue weighted by molar-refractivity contribution is 0.430. The molecule has 0 aliphatic carbocycles. The second-order valence-corrected chi connectivity index (χ2v) is 5.15. The van der Waals surface area contributed by atoms with Crippen molar-refractivity contribution in [1.29, 1.82) is 0 Å².